The quantitative estimate of drug-likeness (QED) is 0.704. The molecule has 5 nitrogen and oxygen atoms in total. The first kappa shape index (κ1) is 16.8. The molecule has 3 N–H and O–H groups in total. The standard InChI is InChI=1S/C14H19Cl2NO4/c15-12-2-1-11(5-13(12)16)21-7-10(18)6-17-8-14(19)3-4-20-9-14/h1-2,5,10,17-19H,3-4,6-9H2. The second-order valence-electron chi connectivity index (χ2n) is 5.20. The molecule has 1 aliphatic heterocycles. The third kappa shape index (κ3) is 5.29. The van der Waals surface area contributed by atoms with Gasteiger partial charge < -0.3 is 25.0 Å². The van der Waals surface area contributed by atoms with Gasteiger partial charge in [0.05, 0.1) is 16.7 Å². The Morgan fingerprint density at radius 2 is 2.19 bits per heavy atom. The topological polar surface area (TPSA) is 71.0 Å². The molecule has 0 saturated carbocycles. The lowest BCUT2D eigenvalue weighted by atomic mass is 10.0. The number of aliphatic hydroxyl groups is 2. The monoisotopic (exact) mass is 335 g/mol. The van der Waals surface area contributed by atoms with Gasteiger partial charge in [0.15, 0.2) is 0 Å². The first-order valence-corrected chi connectivity index (χ1v) is 7.51. The van der Waals surface area contributed by atoms with E-state index in [1.165, 1.54) is 0 Å². The lowest BCUT2D eigenvalue weighted by molar-refractivity contribution is 0.0226. The van der Waals surface area contributed by atoms with Crippen molar-refractivity contribution in [2.45, 2.75) is 18.1 Å². The summed E-state index contributed by atoms with van der Waals surface area (Å²) in [7, 11) is 0. The van der Waals surface area contributed by atoms with Crippen LogP contribution < -0.4 is 10.1 Å². The summed E-state index contributed by atoms with van der Waals surface area (Å²) in [6.45, 7) is 1.73. The second kappa shape index (κ2) is 7.63. The highest BCUT2D eigenvalue weighted by Crippen LogP contribution is 2.26. The van der Waals surface area contributed by atoms with Gasteiger partial charge in [-0.25, -0.2) is 0 Å². The van der Waals surface area contributed by atoms with Crippen molar-refractivity contribution in [2.75, 3.05) is 32.9 Å². The molecule has 2 atom stereocenters. The molecule has 2 rings (SSSR count). The molecule has 1 aliphatic rings. The molecule has 118 valence electrons. The molecule has 2 unspecified atom stereocenters. The summed E-state index contributed by atoms with van der Waals surface area (Å²) in [4.78, 5) is 0. The fraction of sp³-hybridized carbons (Fsp3) is 0.571. The Hall–Kier alpha value is -0.560. The van der Waals surface area contributed by atoms with Gasteiger partial charge in [0.25, 0.3) is 0 Å². The highest BCUT2D eigenvalue weighted by Gasteiger charge is 2.31. The molecule has 0 amide bonds. The van der Waals surface area contributed by atoms with Gasteiger partial charge in [0.2, 0.25) is 0 Å². The summed E-state index contributed by atoms with van der Waals surface area (Å²) in [5.74, 6) is 0.547. The zero-order valence-electron chi connectivity index (χ0n) is 11.5. The van der Waals surface area contributed by atoms with Gasteiger partial charge >= 0.3 is 0 Å². The molecule has 0 aromatic heterocycles. The van der Waals surface area contributed by atoms with Crippen LogP contribution in [-0.4, -0.2) is 54.8 Å². The van der Waals surface area contributed by atoms with Crippen molar-refractivity contribution < 1.29 is 19.7 Å². The van der Waals surface area contributed by atoms with E-state index in [-0.39, 0.29) is 6.61 Å². The molecule has 1 aromatic rings. The Balaban J connectivity index is 1.67. The molecule has 7 heteroatoms. The van der Waals surface area contributed by atoms with Crippen LogP contribution in [0, 0.1) is 0 Å². The number of nitrogens with one attached hydrogen (secondary N) is 1. The maximum absolute atomic E-state index is 10.0. The number of ether oxygens (including phenoxy) is 2. The van der Waals surface area contributed by atoms with Crippen molar-refractivity contribution in [3.05, 3.63) is 28.2 Å². The summed E-state index contributed by atoms with van der Waals surface area (Å²) in [6, 6.07) is 4.93. The maximum Gasteiger partial charge on any atom is 0.121 e. The molecular formula is C14H19Cl2NO4. The minimum absolute atomic E-state index is 0.125. The number of hydrogen-bond acceptors (Lipinski definition) is 5. The van der Waals surface area contributed by atoms with E-state index >= 15 is 0 Å². The third-order valence-corrected chi connectivity index (χ3v) is 3.99. The predicted octanol–water partition coefficient (Wildman–Crippen LogP) is 1.47. The van der Waals surface area contributed by atoms with Crippen molar-refractivity contribution in [3.63, 3.8) is 0 Å². The van der Waals surface area contributed by atoms with Gasteiger partial charge in [-0.3, -0.25) is 0 Å². The average Bonchev–Trinajstić information content (AvgIpc) is 2.87. The highest BCUT2D eigenvalue weighted by molar-refractivity contribution is 6.42. The van der Waals surface area contributed by atoms with Crippen LogP contribution in [0.2, 0.25) is 10.0 Å². The van der Waals surface area contributed by atoms with E-state index < -0.39 is 11.7 Å². The van der Waals surface area contributed by atoms with Crippen molar-refractivity contribution in [1.82, 2.24) is 5.32 Å². The van der Waals surface area contributed by atoms with E-state index in [0.717, 1.165) is 0 Å². The van der Waals surface area contributed by atoms with Crippen molar-refractivity contribution in [3.8, 4) is 5.75 Å². The zero-order chi connectivity index (χ0) is 15.3. The van der Waals surface area contributed by atoms with Crippen LogP contribution in [0.25, 0.3) is 0 Å². The van der Waals surface area contributed by atoms with E-state index in [1.807, 2.05) is 0 Å². The van der Waals surface area contributed by atoms with Gasteiger partial charge in [-0.1, -0.05) is 23.2 Å². The second-order valence-corrected chi connectivity index (χ2v) is 6.01. The zero-order valence-corrected chi connectivity index (χ0v) is 13.0. The van der Waals surface area contributed by atoms with E-state index in [1.54, 1.807) is 18.2 Å². The molecule has 21 heavy (non-hydrogen) atoms. The number of benzene rings is 1. The largest absolute Gasteiger partial charge is 0.491 e. The summed E-state index contributed by atoms with van der Waals surface area (Å²) >= 11 is 11.7. The van der Waals surface area contributed by atoms with Crippen LogP contribution in [0.15, 0.2) is 18.2 Å². The van der Waals surface area contributed by atoms with E-state index in [0.29, 0.717) is 48.5 Å². The molecule has 1 heterocycles. The molecule has 0 spiro atoms. The van der Waals surface area contributed by atoms with Crippen LogP contribution in [0.3, 0.4) is 0 Å². The lowest BCUT2D eigenvalue weighted by Crippen LogP contribution is -2.44. The van der Waals surface area contributed by atoms with Gasteiger partial charge in [-0.15, -0.1) is 0 Å². The highest BCUT2D eigenvalue weighted by atomic mass is 35.5. The smallest absolute Gasteiger partial charge is 0.121 e. The molecular weight excluding hydrogens is 317 g/mol. The molecule has 1 fully saturated rings. The van der Waals surface area contributed by atoms with E-state index in [4.69, 9.17) is 32.7 Å². The summed E-state index contributed by atoms with van der Waals surface area (Å²) in [5, 5.41) is 23.8. The van der Waals surface area contributed by atoms with E-state index in [2.05, 4.69) is 5.32 Å². The Morgan fingerprint density at radius 3 is 2.86 bits per heavy atom. The van der Waals surface area contributed by atoms with Crippen molar-refractivity contribution in [1.29, 1.82) is 0 Å². The molecule has 0 bridgehead atoms. The number of rotatable bonds is 7. The minimum atomic E-state index is -0.829. The van der Waals surface area contributed by atoms with Crippen molar-refractivity contribution in [2.24, 2.45) is 0 Å². The maximum atomic E-state index is 10.0. The fourth-order valence-electron chi connectivity index (χ4n) is 2.03. The summed E-state index contributed by atoms with van der Waals surface area (Å²) < 4.78 is 10.6. The summed E-state index contributed by atoms with van der Waals surface area (Å²) in [5.41, 5.74) is -0.829. The van der Waals surface area contributed by atoms with Gasteiger partial charge in [-0.2, -0.15) is 0 Å². The van der Waals surface area contributed by atoms with E-state index in [9.17, 15) is 10.2 Å². The SMILES string of the molecule is OC(CNCC1(O)CCOC1)COc1ccc(Cl)c(Cl)c1. The Bertz CT molecular complexity index is 466. The Labute approximate surface area is 133 Å². The fourth-order valence-corrected chi connectivity index (χ4v) is 2.31. The lowest BCUT2D eigenvalue weighted by Gasteiger charge is -2.22. The first-order chi connectivity index (χ1) is 9.98. The normalized spacial score (nSPS) is 23.2. The Kier molecular flexibility index (Phi) is 6.10. The van der Waals surface area contributed by atoms with Crippen LogP contribution in [0.4, 0.5) is 0 Å². The van der Waals surface area contributed by atoms with Gasteiger partial charge in [-0.05, 0) is 12.1 Å². The average molecular weight is 336 g/mol. The van der Waals surface area contributed by atoms with Crippen LogP contribution in [-0.2, 0) is 4.74 Å². The Morgan fingerprint density at radius 1 is 1.38 bits per heavy atom. The molecule has 1 saturated heterocycles. The first-order valence-electron chi connectivity index (χ1n) is 6.75. The van der Waals surface area contributed by atoms with Gasteiger partial charge in [0.1, 0.15) is 24.1 Å². The number of hydrogen-bond donors (Lipinski definition) is 3. The van der Waals surface area contributed by atoms with Crippen LogP contribution in [0.1, 0.15) is 6.42 Å². The van der Waals surface area contributed by atoms with Crippen LogP contribution >= 0.6 is 23.2 Å². The number of aliphatic hydroxyl groups excluding tert-OH is 1. The predicted molar refractivity (Wildman–Crippen MR) is 81.2 cm³/mol. The molecule has 0 radical (unpaired) electrons. The molecule has 1 aromatic carbocycles. The number of halogens is 2. The third-order valence-electron chi connectivity index (χ3n) is 3.25. The van der Waals surface area contributed by atoms with Gasteiger partial charge in [0, 0.05) is 32.2 Å². The van der Waals surface area contributed by atoms with Crippen molar-refractivity contribution >= 4 is 23.2 Å². The molecule has 0 aliphatic carbocycles. The van der Waals surface area contributed by atoms with Crippen LogP contribution in [0.5, 0.6) is 5.75 Å². The summed E-state index contributed by atoms with van der Waals surface area (Å²) in [6.07, 6.45) is -0.0825. The minimum Gasteiger partial charge on any atom is -0.491 e.